The van der Waals surface area contributed by atoms with Gasteiger partial charge in [0.2, 0.25) is 5.91 Å². The number of piperazine rings is 1. The lowest BCUT2D eigenvalue weighted by molar-refractivity contribution is -0.120. The number of piperidine rings is 1. The molecule has 3 aromatic carbocycles. The first-order valence-electron chi connectivity index (χ1n) is 20.9. The number of aromatic nitrogens is 4. The van der Waals surface area contributed by atoms with Gasteiger partial charge in [-0.25, -0.2) is 18.9 Å². The largest absolute Gasteiger partial charge is 0.372 e. The molecule has 0 radical (unpaired) electrons. The molecule has 4 aliphatic rings. The fourth-order valence-electron chi connectivity index (χ4n) is 8.94. The van der Waals surface area contributed by atoms with Crippen molar-refractivity contribution in [1.29, 1.82) is 0 Å². The number of nitrogens with zero attached hydrogens (tertiary/aromatic N) is 8. The molecule has 0 saturated carbocycles. The number of anilines is 6. The molecule has 0 aliphatic carbocycles. The molecule has 9 rings (SSSR count). The van der Waals surface area contributed by atoms with Crippen LogP contribution in [0.2, 0.25) is 0 Å². The molecule has 4 aliphatic heterocycles. The number of amides is 4. The molecule has 2 aromatic heterocycles. The van der Waals surface area contributed by atoms with Crippen LogP contribution in [0.1, 0.15) is 56.8 Å². The second-order valence-corrected chi connectivity index (χ2v) is 16.3. The molecule has 0 unspecified atom stereocenters. The van der Waals surface area contributed by atoms with Crippen molar-refractivity contribution < 1.29 is 23.6 Å². The van der Waals surface area contributed by atoms with Crippen LogP contribution in [0.5, 0.6) is 0 Å². The molecule has 3 saturated heterocycles. The Morgan fingerprint density at radius 2 is 1.59 bits per heavy atom. The number of rotatable bonds is 9. The molecule has 314 valence electrons. The summed E-state index contributed by atoms with van der Waals surface area (Å²) in [7, 11) is 0. The van der Waals surface area contributed by atoms with Crippen molar-refractivity contribution in [3.63, 3.8) is 0 Å². The molecule has 4 amide bonds. The van der Waals surface area contributed by atoms with Gasteiger partial charge in [-0.3, -0.25) is 34.5 Å². The number of aldehydes is 1. The summed E-state index contributed by atoms with van der Waals surface area (Å²) in [6.45, 7) is 11.1. The predicted octanol–water partition coefficient (Wildman–Crippen LogP) is 5.95. The molecule has 0 atom stereocenters. The summed E-state index contributed by atoms with van der Waals surface area (Å²) in [5.74, 6) is 0.0535. The van der Waals surface area contributed by atoms with Crippen molar-refractivity contribution in [2.45, 2.75) is 46.1 Å². The van der Waals surface area contributed by atoms with E-state index in [0.717, 1.165) is 81.3 Å². The summed E-state index contributed by atoms with van der Waals surface area (Å²) in [5.41, 5.74) is 6.66. The fraction of sp³-hybridized carbons (Fsp3) is 0.356. The number of carbonyl (C=O) groups excluding carboxylic acids is 4. The molecular weight excluding hydrogens is 778 g/mol. The van der Waals surface area contributed by atoms with Gasteiger partial charge in [0.1, 0.15) is 17.3 Å². The first kappa shape index (κ1) is 39.8. The van der Waals surface area contributed by atoms with Crippen LogP contribution in [0.25, 0.3) is 11.3 Å². The number of urea groups is 1. The van der Waals surface area contributed by atoms with Crippen LogP contribution < -0.4 is 30.7 Å². The number of fused-ring (bicyclic) bond motifs is 2. The number of hydrogen-bond acceptors (Lipinski definition) is 11. The number of nitrogens with one attached hydrogen (secondary N) is 3. The van der Waals surface area contributed by atoms with Crippen molar-refractivity contribution in [1.82, 2.24) is 30.0 Å². The molecular formula is C45H48FN11O4. The second-order valence-electron chi connectivity index (χ2n) is 16.3. The summed E-state index contributed by atoms with van der Waals surface area (Å²) < 4.78 is 17.7. The normalized spacial score (nSPS) is 17.3. The maximum Gasteiger partial charge on any atom is 0.328 e. The van der Waals surface area contributed by atoms with Gasteiger partial charge in [-0.15, -0.1) is 0 Å². The smallest absolute Gasteiger partial charge is 0.328 e. The van der Waals surface area contributed by atoms with E-state index < -0.39 is 11.7 Å². The van der Waals surface area contributed by atoms with E-state index in [4.69, 9.17) is 5.10 Å². The van der Waals surface area contributed by atoms with Gasteiger partial charge in [0.25, 0.3) is 5.91 Å². The van der Waals surface area contributed by atoms with E-state index in [0.29, 0.717) is 49.6 Å². The average molecular weight is 826 g/mol. The lowest BCUT2D eigenvalue weighted by Gasteiger charge is -2.40. The van der Waals surface area contributed by atoms with E-state index >= 15 is 4.39 Å². The van der Waals surface area contributed by atoms with Crippen LogP contribution in [0, 0.1) is 25.6 Å². The molecule has 0 bridgehead atoms. The van der Waals surface area contributed by atoms with Crippen LogP contribution >= 0.6 is 0 Å². The van der Waals surface area contributed by atoms with Crippen LogP contribution in [-0.2, 0) is 17.8 Å². The number of imide groups is 1. The SMILES string of the molecule is Cc1cncc(NC(=O)c2ccc(-c3nn4c(c3C=O)Nc3ccc(N5CCN(CC6CCN(c7ccc(N8CCC(=O)NC8=O)cc7)CC6)CC5)cc3CC4)c(F)c2C)n1. The highest BCUT2D eigenvalue weighted by atomic mass is 19.1. The zero-order valence-corrected chi connectivity index (χ0v) is 34.3. The number of aryl methyl sites for hydroxylation is 3. The van der Waals surface area contributed by atoms with Crippen LogP contribution in [0.3, 0.4) is 0 Å². The zero-order chi connectivity index (χ0) is 42.2. The highest BCUT2D eigenvalue weighted by Gasteiger charge is 2.29. The third kappa shape index (κ3) is 8.14. The third-order valence-electron chi connectivity index (χ3n) is 12.4. The highest BCUT2D eigenvalue weighted by molar-refractivity contribution is 6.06. The Labute approximate surface area is 352 Å². The molecule has 0 spiro atoms. The molecule has 5 aromatic rings. The van der Waals surface area contributed by atoms with Crippen molar-refractivity contribution in [2.24, 2.45) is 5.92 Å². The van der Waals surface area contributed by atoms with Crippen LogP contribution in [0.4, 0.5) is 43.6 Å². The lowest BCUT2D eigenvalue weighted by Crippen LogP contribution is -2.49. The van der Waals surface area contributed by atoms with E-state index in [2.05, 4.69) is 70.9 Å². The van der Waals surface area contributed by atoms with Crippen molar-refractivity contribution in [3.8, 4) is 11.3 Å². The maximum absolute atomic E-state index is 16.0. The topological polar surface area (TPSA) is 161 Å². The third-order valence-corrected chi connectivity index (χ3v) is 12.4. The van der Waals surface area contributed by atoms with Crippen molar-refractivity contribution in [2.75, 3.05) is 77.7 Å². The second kappa shape index (κ2) is 16.8. The monoisotopic (exact) mass is 825 g/mol. The van der Waals surface area contributed by atoms with Gasteiger partial charge in [0.05, 0.1) is 17.5 Å². The first-order chi connectivity index (χ1) is 29.6. The Balaban J connectivity index is 0.790. The maximum atomic E-state index is 16.0. The van der Waals surface area contributed by atoms with Crippen molar-refractivity contribution >= 4 is 58.5 Å². The Bertz CT molecular complexity index is 2510. The van der Waals surface area contributed by atoms with Gasteiger partial charge >= 0.3 is 6.03 Å². The summed E-state index contributed by atoms with van der Waals surface area (Å²) in [6, 6.07) is 17.1. The summed E-state index contributed by atoms with van der Waals surface area (Å²) in [6.07, 6.45) is 6.95. The standard InChI is InChI=1S/C45H48FN11O4/c1-28-24-47-25-39(48-28)50-44(60)35-8-9-36(41(46)29(35)2)42-37(27-58)43-49-38-10-7-34(23-31(38)13-18-57(43)52-42)55-21-19-53(20-22-55)26-30-11-15-54(16-12-30)32-3-5-33(6-4-32)56-17-14-40(59)51-45(56)61/h3-10,23-25,27,30,49H,11-22,26H2,1-2H3,(H,48,50,60)(H,51,59,61). The quantitative estimate of drug-likeness (QED) is 0.151. The van der Waals surface area contributed by atoms with Crippen LogP contribution in [-0.4, -0.2) is 101 Å². The molecule has 61 heavy (non-hydrogen) atoms. The Kier molecular flexibility index (Phi) is 10.9. The van der Waals surface area contributed by atoms with Gasteiger partial charge < -0.3 is 20.4 Å². The Hall–Kier alpha value is -6.68. The van der Waals surface area contributed by atoms with E-state index in [1.165, 1.54) is 30.9 Å². The first-order valence-corrected chi connectivity index (χ1v) is 20.9. The number of carbonyl (C=O) groups is 4. The molecule has 16 heteroatoms. The minimum atomic E-state index is -0.624. The summed E-state index contributed by atoms with van der Waals surface area (Å²) in [4.78, 5) is 66.8. The van der Waals surface area contributed by atoms with Gasteiger partial charge in [-0.05, 0) is 105 Å². The Morgan fingerprint density at radius 1 is 0.852 bits per heavy atom. The molecule has 6 heterocycles. The van der Waals surface area contributed by atoms with Crippen LogP contribution in [0.15, 0.2) is 67.0 Å². The summed E-state index contributed by atoms with van der Waals surface area (Å²) in [5, 5.41) is 13.2. The molecule has 15 nitrogen and oxygen atoms in total. The zero-order valence-electron chi connectivity index (χ0n) is 34.3. The lowest BCUT2D eigenvalue weighted by atomic mass is 9.95. The predicted molar refractivity (Wildman–Crippen MR) is 231 cm³/mol. The van der Waals surface area contributed by atoms with Gasteiger partial charge in [-0.1, -0.05) is 0 Å². The fourth-order valence-corrected chi connectivity index (χ4v) is 8.94. The van der Waals surface area contributed by atoms with Crippen molar-refractivity contribution in [3.05, 3.63) is 101 Å². The number of benzene rings is 3. The minimum absolute atomic E-state index is 0.135. The van der Waals surface area contributed by atoms with E-state index in [1.54, 1.807) is 22.7 Å². The van der Waals surface area contributed by atoms with Gasteiger partial charge in [-0.2, -0.15) is 5.10 Å². The van der Waals surface area contributed by atoms with E-state index in [-0.39, 0.29) is 45.7 Å². The average Bonchev–Trinajstić information content (AvgIpc) is 3.50. The molecule has 3 fully saturated rings. The minimum Gasteiger partial charge on any atom is -0.372 e. The number of hydrogen-bond donors (Lipinski definition) is 3. The molecule has 3 N–H and O–H groups in total. The summed E-state index contributed by atoms with van der Waals surface area (Å²) >= 11 is 0. The number of halogens is 1. The van der Waals surface area contributed by atoms with E-state index in [9.17, 15) is 19.2 Å². The van der Waals surface area contributed by atoms with E-state index in [1.807, 2.05) is 12.1 Å². The highest BCUT2D eigenvalue weighted by Crippen LogP contribution is 2.37. The van der Waals surface area contributed by atoms with Gasteiger partial charge in [0.15, 0.2) is 12.1 Å². The Morgan fingerprint density at radius 3 is 2.33 bits per heavy atom. The van der Waals surface area contributed by atoms with Gasteiger partial charge in [0, 0.05) is 105 Å².